The molecule has 2 aliphatic rings. The van der Waals surface area contributed by atoms with Crippen molar-refractivity contribution >= 4 is 23.2 Å². The first kappa shape index (κ1) is 16.8. The van der Waals surface area contributed by atoms with Crippen molar-refractivity contribution in [1.29, 1.82) is 0 Å². The Hall–Kier alpha value is -2.04. The molecule has 0 atom stereocenters. The number of nitrogens with one attached hydrogen (secondary N) is 1. The van der Waals surface area contributed by atoms with Crippen LogP contribution >= 0.6 is 0 Å². The van der Waals surface area contributed by atoms with Gasteiger partial charge in [-0.05, 0) is 56.2 Å². The van der Waals surface area contributed by atoms with Crippen LogP contribution in [0, 0.1) is 5.92 Å². The molecule has 1 aliphatic carbocycles. The average molecular weight is 329 g/mol. The second kappa shape index (κ2) is 7.69. The van der Waals surface area contributed by atoms with E-state index in [1.807, 2.05) is 6.07 Å². The fourth-order valence-corrected chi connectivity index (χ4v) is 3.88. The number of piperidine rings is 1. The van der Waals surface area contributed by atoms with Gasteiger partial charge in [0.1, 0.15) is 0 Å². The number of carbonyl (C=O) groups excluding carboxylic acids is 2. The molecule has 1 heterocycles. The van der Waals surface area contributed by atoms with Gasteiger partial charge in [0, 0.05) is 25.1 Å². The van der Waals surface area contributed by atoms with Gasteiger partial charge in [-0.3, -0.25) is 9.59 Å². The summed E-state index contributed by atoms with van der Waals surface area (Å²) < 4.78 is 0. The van der Waals surface area contributed by atoms with E-state index in [0.717, 1.165) is 50.1 Å². The quantitative estimate of drug-likeness (QED) is 0.870. The predicted octanol–water partition coefficient (Wildman–Crippen LogP) is 3.29. The first-order valence-electron chi connectivity index (χ1n) is 9.12. The minimum atomic E-state index is -0.466. The van der Waals surface area contributed by atoms with Gasteiger partial charge in [0.05, 0.1) is 11.4 Å². The van der Waals surface area contributed by atoms with E-state index < -0.39 is 5.91 Å². The van der Waals surface area contributed by atoms with E-state index in [-0.39, 0.29) is 5.91 Å². The molecule has 1 aromatic carbocycles. The first-order chi connectivity index (χ1) is 11.6. The molecule has 24 heavy (non-hydrogen) atoms. The summed E-state index contributed by atoms with van der Waals surface area (Å²) in [5.74, 6) is 0.0797. The van der Waals surface area contributed by atoms with Crippen molar-refractivity contribution in [3.63, 3.8) is 0 Å². The van der Waals surface area contributed by atoms with Crippen LogP contribution in [0.3, 0.4) is 0 Å². The maximum atomic E-state index is 12.4. The Balaban J connectivity index is 1.77. The zero-order valence-corrected chi connectivity index (χ0v) is 14.2. The van der Waals surface area contributed by atoms with Crippen molar-refractivity contribution in [2.24, 2.45) is 11.7 Å². The number of benzene rings is 1. The Morgan fingerprint density at radius 2 is 1.79 bits per heavy atom. The number of carbonyl (C=O) groups is 2. The Morgan fingerprint density at radius 3 is 2.46 bits per heavy atom. The summed E-state index contributed by atoms with van der Waals surface area (Å²) in [6.45, 7) is 1.98. The number of hydrogen-bond donors (Lipinski definition) is 2. The highest BCUT2D eigenvalue weighted by Crippen LogP contribution is 2.31. The number of primary amides is 1. The fourth-order valence-electron chi connectivity index (χ4n) is 3.88. The van der Waals surface area contributed by atoms with Gasteiger partial charge in [0.15, 0.2) is 0 Å². The molecule has 0 bridgehead atoms. The molecular weight excluding hydrogens is 302 g/mol. The van der Waals surface area contributed by atoms with E-state index >= 15 is 0 Å². The average Bonchev–Trinajstić information content (AvgIpc) is 3.08. The lowest BCUT2D eigenvalue weighted by atomic mass is 10.0. The summed E-state index contributed by atoms with van der Waals surface area (Å²) in [5.41, 5.74) is 7.56. The minimum Gasteiger partial charge on any atom is -0.370 e. The van der Waals surface area contributed by atoms with Gasteiger partial charge in [-0.2, -0.15) is 0 Å². The standard InChI is InChI=1S/C19H27N3O2/c20-19(24)15-8-9-17(22-10-4-1-5-11-22)16(13-15)21-18(23)12-14-6-2-3-7-14/h8-9,13-14H,1-7,10-12H2,(H2,20,24)(H,21,23). The van der Waals surface area contributed by atoms with E-state index in [1.165, 1.54) is 19.3 Å². The van der Waals surface area contributed by atoms with Crippen LogP contribution in [-0.4, -0.2) is 24.9 Å². The van der Waals surface area contributed by atoms with E-state index in [4.69, 9.17) is 5.73 Å². The summed E-state index contributed by atoms with van der Waals surface area (Å²) in [7, 11) is 0. The summed E-state index contributed by atoms with van der Waals surface area (Å²) in [5, 5.41) is 3.04. The molecular formula is C19H27N3O2. The van der Waals surface area contributed by atoms with Crippen molar-refractivity contribution < 1.29 is 9.59 Å². The van der Waals surface area contributed by atoms with Crippen LogP contribution in [-0.2, 0) is 4.79 Å². The highest BCUT2D eigenvalue weighted by atomic mass is 16.2. The van der Waals surface area contributed by atoms with Crippen LogP contribution in [0.1, 0.15) is 61.7 Å². The molecule has 3 N–H and O–H groups in total. The van der Waals surface area contributed by atoms with Crippen LogP contribution in [0.2, 0.25) is 0 Å². The van der Waals surface area contributed by atoms with Gasteiger partial charge in [0.2, 0.25) is 11.8 Å². The molecule has 2 amide bonds. The predicted molar refractivity (Wildman–Crippen MR) is 96.2 cm³/mol. The van der Waals surface area contributed by atoms with Crippen molar-refractivity contribution in [1.82, 2.24) is 0 Å². The molecule has 1 aromatic rings. The number of hydrogen-bond acceptors (Lipinski definition) is 3. The van der Waals surface area contributed by atoms with E-state index in [9.17, 15) is 9.59 Å². The lowest BCUT2D eigenvalue weighted by Gasteiger charge is -2.30. The summed E-state index contributed by atoms with van der Waals surface area (Å²) in [6, 6.07) is 5.38. The van der Waals surface area contributed by atoms with Crippen LogP contribution < -0.4 is 16.0 Å². The lowest BCUT2D eigenvalue weighted by Crippen LogP contribution is -2.30. The van der Waals surface area contributed by atoms with Crippen molar-refractivity contribution in [2.45, 2.75) is 51.4 Å². The molecule has 1 saturated heterocycles. The van der Waals surface area contributed by atoms with Crippen LogP contribution in [0.4, 0.5) is 11.4 Å². The smallest absolute Gasteiger partial charge is 0.248 e. The fraction of sp³-hybridized carbons (Fsp3) is 0.579. The Kier molecular flexibility index (Phi) is 5.38. The Labute approximate surface area is 143 Å². The molecule has 130 valence electrons. The zero-order valence-electron chi connectivity index (χ0n) is 14.2. The second-order valence-electron chi connectivity index (χ2n) is 7.05. The second-order valence-corrected chi connectivity index (χ2v) is 7.05. The highest BCUT2D eigenvalue weighted by Gasteiger charge is 2.21. The topological polar surface area (TPSA) is 75.4 Å². The molecule has 0 unspecified atom stereocenters. The number of anilines is 2. The van der Waals surface area contributed by atoms with E-state index in [1.54, 1.807) is 12.1 Å². The largest absolute Gasteiger partial charge is 0.370 e. The van der Waals surface area contributed by atoms with E-state index in [2.05, 4.69) is 10.2 Å². The van der Waals surface area contributed by atoms with Gasteiger partial charge in [-0.1, -0.05) is 12.8 Å². The van der Waals surface area contributed by atoms with E-state index in [0.29, 0.717) is 17.9 Å². The molecule has 0 radical (unpaired) electrons. The van der Waals surface area contributed by atoms with Crippen molar-refractivity contribution in [3.8, 4) is 0 Å². The van der Waals surface area contributed by atoms with Gasteiger partial charge in [0.25, 0.3) is 0 Å². The van der Waals surface area contributed by atoms with Gasteiger partial charge in [-0.15, -0.1) is 0 Å². The number of nitrogens with two attached hydrogens (primary N) is 1. The molecule has 3 rings (SSSR count). The minimum absolute atomic E-state index is 0.0433. The van der Waals surface area contributed by atoms with Crippen LogP contribution in [0.15, 0.2) is 18.2 Å². The maximum Gasteiger partial charge on any atom is 0.248 e. The maximum absolute atomic E-state index is 12.4. The number of amides is 2. The molecule has 1 aliphatic heterocycles. The van der Waals surface area contributed by atoms with Crippen LogP contribution in [0.25, 0.3) is 0 Å². The third-order valence-corrected chi connectivity index (χ3v) is 5.20. The molecule has 0 aromatic heterocycles. The zero-order chi connectivity index (χ0) is 16.9. The third-order valence-electron chi connectivity index (χ3n) is 5.20. The molecule has 5 heteroatoms. The molecule has 5 nitrogen and oxygen atoms in total. The van der Waals surface area contributed by atoms with Gasteiger partial charge in [-0.25, -0.2) is 0 Å². The lowest BCUT2D eigenvalue weighted by molar-refractivity contribution is -0.117. The Morgan fingerprint density at radius 1 is 1.08 bits per heavy atom. The molecule has 2 fully saturated rings. The molecule has 0 spiro atoms. The SMILES string of the molecule is NC(=O)c1ccc(N2CCCCC2)c(NC(=O)CC2CCCC2)c1. The van der Waals surface area contributed by atoms with Gasteiger partial charge >= 0.3 is 0 Å². The normalized spacial score (nSPS) is 18.6. The highest BCUT2D eigenvalue weighted by molar-refractivity contribution is 5.99. The van der Waals surface area contributed by atoms with Crippen molar-refractivity contribution in [2.75, 3.05) is 23.3 Å². The monoisotopic (exact) mass is 329 g/mol. The first-order valence-corrected chi connectivity index (χ1v) is 9.12. The summed E-state index contributed by atoms with van der Waals surface area (Å²) in [4.78, 5) is 26.2. The third kappa shape index (κ3) is 4.08. The summed E-state index contributed by atoms with van der Waals surface area (Å²) in [6.07, 6.45) is 8.89. The van der Waals surface area contributed by atoms with Crippen molar-refractivity contribution in [3.05, 3.63) is 23.8 Å². The Bertz CT molecular complexity index is 603. The number of rotatable bonds is 5. The van der Waals surface area contributed by atoms with Gasteiger partial charge < -0.3 is 16.0 Å². The molecule has 1 saturated carbocycles. The number of nitrogens with zero attached hydrogens (tertiary/aromatic N) is 1. The summed E-state index contributed by atoms with van der Waals surface area (Å²) >= 11 is 0. The van der Waals surface area contributed by atoms with Crippen LogP contribution in [0.5, 0.6) is 0 Å².